The Labute approximate surface area is 173 Å². The Hall–Kier alpha value is -3.46. The smallest absolute Gasteiger partial charge is 0.257 e. The van der Waals surface area contributed by atoms with Gasteiger partial charge in [-0.15, -0.1) is 10.2 Å². The molecule has 1 aliphatic heterocycles. The van der Waals surface area contributed by atoms with Crippen molar-refractivity contribution in [1.82, 2.24) is 20.6 Å². The first-order valence-corrected chi connectivity index (χ1v) is 9.86. The van der Waals surface area contributed by atoms with Crippen molar-refractivity contribution >= 4 is 5.78 Å². The lowest BCUT2D eigenvalue weighted by Gasteiger charge is -2.33. The number of H-pyrrole nitrogens is 1. The van der Waals surface area contributed by atoms with Crippen molar-refractivity contribution in [3.05, 3.63) is 59.4 Å². The molecular formula is C21H23N5O4. The van der Waals surface area contributed by atoms with E-state index in [1.807, 2.05) is 6.07 Å². The predicted octanol–water partition coefficient (Wildman–Crippen LogP) is 2.58. The predicted molar refractivity (Wildman–Crippen MR) is 108 cm³/mol. The van der Waals surface area contributed by atoms with Crippen LogP contribution in [0.4, 0.5) is 0 Å². The lowest BCUT2D eigenvalue weighted by molar-refractivity contribution is -0.0154. The SMILES string of the molecule is CCCCCOc1cccc(C(=O)c2cccc3c2OC(N)(c2nn[nH]n2)CO3)c1. The van der Waals surface area contributed by atoms with Gasteiger partial charge < -0.3 is 14.2 Å². The van der Waals surface area contributed by atoms with Crippen molar-refractivity contribution in [3.63, 3.8) is 0 Å². The molecule has 9 nitrogen and oxygen atoms in total. The van der Waals surface area contributed by atoms with E-state index >= 15 is 0 Å². The molecule has 0 radical (unpaired) electrons. The van der Waals surface area contributed by atoms with E-state index in [0.29, 0.717) is 29.2 Å². The van der Waals surface area contributed by atoms with Crippen molar-refractivity contribution in [2.75, 3.05) is 13.2 Å². The molecule has 4 rings (SSSR count). The Bertz CT molecular complexity index is 1020. The van der Waals surface area contributed by atoms with Crippen LogP contribution in [0.5, 0.6) is 17.2 Å². The number of nitrogens with two attached hydrogens (primary N) is 1. The van der Waals surface area contributed by atoms with Gasteiger partial charge in [0.1, 0.15) is 12.4 Å². The Kier molecular flexibility index (Phi) is 5.62. The van der Waals surface area contributed by atoms with Crippen LogP contribution in [-0.2, 0) is 5.72 Å². The number of ether oxygens (including phenoxy) is 3. The first-order valence-electron chi connectivity index (χ1n) is 9.86. The average Bonchev–Trinajstić information content (AvgIpc) is 3.32. The summed E-state index contributed by atoms with van der Waals surface area (Å²) in [4.78, 5) is 13.3. The Morgan fingerprint density at radius 2 is 2.13 bits per heavy atom. The number of carbonyl (C=O) groups excluding carboxylic acids is 1. The topological polar surface area (TPSA) is 125 Å². The van der Waals surface area contributed by atoms with Crippen LogP contribution >= 0.6 is 0 Å². The number of nitrogens with zero attached hydrogens (tertiary/aromatic N) is 3. The van der Waals surface area contributed by atoms with Crippen molar-refractivity contribution in [2.24, 2.45) is 5.73 Å². The molecule has 0 amide bonds. The Morgan fingerprint density at radius 1 is 1.27 bits per heavy atom. The summed E-state index contributed by atoms with van der Waals surface area (Å²) in [5.41, 5.74) is 5.64. The summed E-state index contributed by atoms with van der Waals surface area (Å²) >= 11 is 0. The molecule has 1 atom stereocenters. The second kappa shape index (κ2) is 8.50. The van der Waals surface area contributed by atoms with Gasteiger partial charge in [0.2, 0.25) is 5.82 Å². The molecule has 2 aromatic carbocycles. The molecule has 30 heavy (non-hydrogen) atoms. The fourth-order valence-corrected chi connectivity index (χ4v) is 3.19. The standard InChI is InChI=1S/C21H23N5O4/c1-2-3-4-11-28-15-8-5-7-14(12-15)18(27)16-9-6-10-17-19(16)30-21(22,13-29-17)20-23-25-26-24-20/h5-10,12H,2-4,11,13,22H2,1H3,(H,23,24,25,26). The van der Waals surface area contributed by atoms with E-state index in [4.69, 9.17) is 19.9 Å². The van der Waals surface area contributed by atoms with Crippen molar-refractivity contribution < 1.29 is 19.0 Å². The maximum absolute atomic E-state index is 13.3. The number of aromatic amines is 1. The van der Waals surface area contributed by atoms with E-state index in [0.717, 1.165) is 19.3 Å². The number of fused-ring (bicyclic) bond motifs is 1. The van der Waals surface area contributed by atoms with Crippen LogP contribution in [0.25, 0.3) is 0 Å². The van der Waals surface area contributed by atoms with Crippen LogP contribution in [0.3, 0.4) is 0 Å². The van der Waals surface area contributed by atoms with Crippen LogP contribution in [0.2, 0.25) is 0 Å². The number of nitrogens with one attached hydrogen (secondary N) is 1. The zero-order valence-electron chi connectivity index (χ0n) is 16.6. The highest BCUT2D eigenvalue weighted by molar-refractivity contribution is 6.11. The van der Waals surface area contributed by atoms with Gasteiger partial charge in [0, 0.05) is 5.56 Å². The van der Waals surface area contributed by atoms with Crippen molar-refractivity contribution in [2.45, 2.75) is 31.9 Å². The number of ketones is 1. The third kappa shape index (κ3) is 3.97. The van der Waals surface area contributed by atoms with Crippen LogP contribution in [-0.4, -0.2) is 39.6 Å². The molecule has 0 saturated carbocycles. The van der Waals surface area contributed by atoms with E-state index in [9.17, 15) is 4.79 Å². The fourth-order valence-electron chi connectivity index (χ4n) is 3.19. The van der Waals surface area contributed by atoms with Crippen LogP contribution < -0.4 is 19.9 Å². The van der Waals surface area contributed by atoms with Gasteiger partial charge in [-0.1, -0.05) is 38.0 Å². The van der Waals surface area contributed by atoms with Crippen LogP contribution in [0, 0.1) is 0 Å². The van der Waals surface area contributed by atoms with E-state index in [1.54, 1.807) is 36.4 Å². The summed E-state index contributed by atoms with van der Waals surface area (Å²) in [6.07, 6.45) is 3.20. The summed E-state index contributed by atoms with van der Waals surface area (Å²) in [6.45, 7) is 2.74. The van der Waals surface area contributed by atoms with E-state index in [-0.39, 0.29) is 24.0 Å². The minimum absolute atomic E-state index is 0.0156. The lowest BCUT2D eigenvalue weighted by Crippen LogP contribution is -2.51. The number of unbranched alkanes of at least 4 members (excludes halogenated alkanes) is 2. The minimum atomic E-state index is -1.46. The number of rotatable bonds is 8. The summed E-state index contributed by atoms with van der Waals surface area (Å²) in [5.74, 6) is 1.23. The molecule has 1 aromatic heterocycles. The highest BCUT2D eigenvalue weighted by Gasteiger charge is 2.41. The van der Waals surface area contributed by atoms with Gasteiger partial charge in [-0.2, -0.15) is 5.21 Å². The van der Waals surface area contributed by atoms with E-state index in [2.05, 4.69) is 27.5 Å². The summed E-state index contributed by atoms with van der Waals surface area (Å²) < 4.78 is 17.5. The molecule has 3 aromatic rings. The summed E-state index contributed by atoms with van der Waals surface area (Å²) in [7, 11) is 0. The Morgan fingerprint density at radius 3 is 2.93 bits per heavy atom. The van der Waals surface area contributed by atoms with Gasteiger partial charge in [0.05, 0.1) is 12.2 Å². The number of hydrogen-bond donors (Lipinski definition) is 2. The maximum Gasteiger partial charge on any atom is 0.257 e. The number of aromatic nitrogens is 4. The average molecular weight is 409 g/mol. The van der Waals surface area contributed by atoms with Gasteiger partial charge in [-0.3, -0.25) is 10.5 Å². The van der Waals surface area contributed by atoms with Gasteiger partial charge in [-0.05, 0) is 35.9 Å². The number of tetrazole rings is 1. The molecule has 0 bridgehead atoms. The molecule has 9 heteroatoms. The van der Waals surface area contributed by atoms with Gasteiger partial charge in [0.15, 0.2) is 17.3 Å². The van der Waals surface area contributed by atoms with Crippen molar-refractivity contribution in [3.8, 4) is 17.2 Å². The molecule has 0 spiro atoms. The number of hydrogen-bond acceptors (Lipinski definition) is 8. The molecule has 2 heterocycles. The van der Waals surface area contributed by atoms with Gasteiger partial charge in [0.25, 0.3) is 5.72 Å². The summed E-state index contributed by atoms with van der Waals surface area (Å²) in [6, 6.07) is 12.2. The van der Waals surface area contributed by atoms with E-state index < -0.39 is 5.72 Å². The molecule has 0 aliphatic carbocycles. The molecule has 156 valence electrons. The number of carbonyl (C=O) groups is 1. The van der Waals surface area contributed by atoms with Crippen molar-refractivity contribution in [1.29, 1.82) is 0 Å². The van der Waals surface area contributed by atoms with Gasteiger partial charge in [-0.25, -0.2) is 0 Å². The third-order valence-electron chi connectivity index (χ3n) is 4.79. The summed E-state index contributed by atoms with van der Waals surface area (Å²) in [5, 5.41) is 13.6. The highest BCUT2D eigenvalue weighted by Crippen LogP contribution is 2.40. The first-order chi connectivity index (χ1) is 14.6. The fraction of sp³-hybridized carbons (Fsp3) is 0.333. The minimum Gasteiger partial charge on any atom is -0.494 e. The maximum atomic E-state index is 13.3. The second-order valence-electron chi connectivity index (χ2n) is 7.06. The van der Waals surface area contributed by atoms with Crippen LogP contribution in [0.15, 0.2) is 42.5 Å². The molecule has 3 N–H and O–H groups in total. The monoisotopic (exact) mass is 409 g/mol. The zero-order chi connectivity index (χ0) is 21.0. The normalized spacial score (nSPS) is 17.5. The van der Waals surface area contributed by atoms with Gasteiger partial charge >= 0.3 is 0 Å². The number of benzene rings is 2. The molecule has 1 unspecified atom stereocenters. The number of para-hydroxylation sites is 1. The third-order valence-corrected chi connectivity index (χ3v) is 4.79. The van der Waals surface area contributed by atoms with E-state index in [1.165, 1.54) is 0 Å². The van der Waals surface area contributed by atoms with Crippen LogP contribution in [0.1, 0.15) is 47.9 Å². The first kappa shape index (κ1) is 19.8. The molecular weight excluding hydrogens is 386 g/mol. The second-order valence-corrected chi connectivity index (χ2v) is 7.06. The molecule has 0 saturated heterocycles. The highest BCUT2D eigenvalue weighted by atomic mass is 16.6. The molecule has 0 fully saturated rings. The Balaban J connectivity index is 1.59. The largest absolute Gasteiger partial charge is 0.494 e. The molecule has 1 aliphatic rings. The lowest BCUT2D eigenvalue weighted by atomic mass is 10.0. The zero-order valence-corrected chi connectivity index (χ0v) is 16.6. The quantitative estimate of drug-likeness (QED) is 0.429.